The number of aliphatic hydroxyl groups is 1. The Morgan fingerprint density at radius 3 is 1.85 bits per heavy atom. The van der Waals surface area contributed by atoms with E-state index in [1.54, 1.807) is 0 Å². The normalized spacial score (nSPS) is 14.2. The summed E-state index contributed by atoms with van der Waals surface area (Å²) in [6.07, 6.45) is -13.5. The zero-order chi connectivity index (χ0) is 15.9. The third kappa shape index (κ3) is 3.34. The van der Waals surface area contributed by atoms with Crippen LogP contribution in [0.5, 0.6) is 0 Å². The largest absolute Gasteiger partial charge is 0.479 e. The van der Waals surface area contributed by atoms with Gasteiger partial charge in [0.15, 0.2) is 6.10 Å². The molecule has 112 valence electrons. The molecular formula is C10H5F6IO3. The number of aliphatic hydroxyl groups excluding tert-OH is 1. The summed E-state index contributed by atoms with van der Waals surface area (Å²) >= 11 is 1.06. The number of hydrogen-bond acceptors (Lipinski definition) is 2. The molecule has 0 aliphatic carbocycles. The van der Waals surface area contributed by atoms with E-state index < -0.39 is 44.7 Å². The van der Waals surface area contributed by atoms with E-state index >= 15 is 0 Å². The number of rotatable bonds is 2. The van der Waals surface area contributed by atoms with Gasteiger partial charge in [0, 0.05) is 9.13 Å². The molecule has 0 saturated heterocycles. The molecule has 0 amide bonds. The van der Waals surface area contributed by atoms with Crippen molar-refractivity contribution in [3.63, 3.8) is 0 Å². The molecule has 0 radical (unpaired) electrons. The Morgan fingerprint density at radius 1 is 1.05 bits per heavy atom. The van der Waals surface area contributed by atoms with Gasteiger partial charge in [-0.15, -0.1) is 0 Å². The van der Waals surface area contributed by atoms with Gasteiger partial charge in [-0.05, 0) is 28.7 Å². The van der Waals surface area contributed by atoms with E-state index in [1.807, 2.05) is 0 Å². The van der Waals surface area contributed by atoms with Crippen LogP contribution in [-0.4, -0.2) is 16.2 Å². The predicted molar refractivity (Wildman–Crippen MR) is 61.8 cm³/mol. The summed E-state index contributed by atoms with van der Waals surface area (Å²) in [6.45, 7) is 0. The standard InChI is InChI=1S/C10H5F6IO3/c11-9(12,13)5-3(7(18)8(19)20)1-2-4(17)6(5)10(14,15)16/h1-2,7,18H,(H,19,20). The van der Waals surface area contributed by atoms with E-state index in [0.717, 1.165) is 22.6 Å². The van der Waals surface area contributed by atoms with Crippen LogP contribution in [0.15, 0.2) is 12.1 Å². The van der Waals surface area contributed by atoms with E-state index in [1.165, 1.54) is 0 Å². The second kappa shape index (κ2) is 5.39. The maximum Gasteiger partial charge on any atom is 0.418 e. The molecule has 0 aliphatic rings. The number of carbonyl (C=O) groups is 1. The Hall–Kier alpha value is -1.04. The molecule has 1 aromatic carbocycles. The lowest BCUT2D eigenvalue weighted by atomic mass is 9.96. The van der Waals surface area contributed by atoms with Crippen LogP contribution in [0.3, 0.4) is 0 Å². The fourth-order valence-electron chi connectivity index (χ4n) is 1.54. The second-order valence-electron chi connectivity index (χ2n) is 3.62. The molecule has 0 saturated carbocycles. The van der Waals surface area contributed by atoms with Crippen LogP contribution in [0.2, 0.25) is 0 Å². The molecule has 1 aromatic rings. The van der Waals surface area contributed by atoms with E-state index in [9.17, 15) is 31.1 Å². The number of benzene rings is 1. The molecule has 20 heavy (non-hydrogen) atoms. The first-order valence-corrected chi connectivity index (χ1v) is 5.83. The fraction of sp³-hybridized carbons (Fsp3) is 0.300. The van der Waals surface area contributed by atoms with Crippen LogP contribution in [-0.2, 0) is 17.1 Å². The summed E-state index contributed by atoms with van der Waals surface area (Å²) in [5.41, 5.74) is -5.55. The van der Waals surface area contributed by atoms with E-state index in [-0.39, 0.29) is 0 Å². The number of halogens is 7. The molecule has 0 aromatic heterocycles. The minimum absolute atomic E-state index is 0.513. The maximum absolute atomic E-state index is 12.8. The fourth-order valence-corrected chi connectivity index (χ4v) is 2.29. The van der Waals surface area contributed by atoms with Crippen molar-refractivity contribution >= 4 is 28.6 Å². The Balaban J connectivity index is 3.77. The number of alkyl halides is 6. The van der Waals surface area contributed by atoms with E-state index in [4.69, 9.17) is 10.2 Å². The highest BCUT2D eigenvalue weighted by molar-refractivity contribution is 14.1. The van der Waals surface area contributed by atoms with Crippen LogP contribution in [0.25, 0.3) is 0 Å². The number of carboxylic acid groups (broad SMARTS) is 1. The van der Waals surface area contributed by atoms with E-state index in [2.05, 4.69) is 0 Å². The molecule has 1 rings (SSSR count). The van der Waals surface area contributed by atoms with Gasteiger partial charge in [-0.1, -0.05) is 6.07 Å². The van der Waals surface area contributed by atoms with Gasteiger partial charge in [-0.2, -0.15) is 26.3 Å². The molecule has 0 fully saturated rings. The lowest BCUT2D eigenvalue weighted by molar-refractivity contribution is -0.164. The summed E-state index contributed by atoms with van der Waals surface area (Å²) in [7, 11) is 0. The predicted octanol–water partition coefficient (Wildman–Crippen LogP) is 3.45. The summed E-state index contributed by atoms with van der Waals surface area (Å²) in [6, 6.07) is 1.18. The minimum atomic E-state index is -5.46. The van der Waals surface area contributed by atoms with Crippen LogP contribution < -0.4 is 0 Å². The summed E-state index contributed by atoms with van der Waals surface area (Å²) < 4.78 is 76.0. The summed E-state index contributed by atoms with van der Waals surface area (Å²) in [5.74, 6) is -2.08. The van der Waals surface area contributed by atoms with Gasteiger partial charge in [0.2, 0.25) is 0 Å². The quantitative estimate of drug-likeness (QED) is 0.576. The topological polar surface area (TPSA) is 57.5 Å². The number of carboxylic acids is 1. The minimum Gasteiger partial charge on any atom is -0.479 e. The second-order valence-corrected chi connectivity index (χ2v) is 4.79. The molecule has 0 heterocycles. The van der Waals surface area contributed by atoms with Gasteiger partial charge in [0.1, 0.15) is 0 Å². The molecule has 1 atom stereocenters. The lowest BCUT2D eigenvalue weighted by Gasteiger charge is -2.21. The molecule has 0 spiro atoms. The molecule has 0 bridgehead atoms. The molecule has 1 unspecified atom stereocenters. The van der Waals surface area contributed by atoms with Gasteiger partial charge in [-0.25, -0.2) is 4.79 Å². The molecular weight excluding hydrogens is 409 g/mol. The van der Waals surface area contributed by atoms with Gasteiger partial charge in [0.05, 0.1) is 11.1 Å². The van der Waals surface area contributed by atoms with Crippen LogP contribution in [0, 0.1) is 3.57 Å². The monoisotopic (exact) mass is 414 g/mol. The molecule has 2 N–H and O–H groups in total. The smallest absolute Gasteiger partial charge is 0.418 e. The highest BCUT2D eigenvalue weighted by Crippen LogP contribution is 2.45. The van der Waals surface area contributed by atoms with Gasteiger partial charge < -0.3 is 10.2 Å². The lowest BCUT2D eigenvalue weighted by Crippen LogP contribution is -2.24. The highest BCUT2D eigenvalue weighted by atomic mass is 127. The Kier molecular flexibility index (Phi) is 4.58. The first kappa shape index (κ1) is 17.0. The molecule has 3 nitrogen and oxygen atoms in total. The van der Waals surface area contributed by atoms with Crippen molar-refractivity contribution in [3.05, 3.63) is 32.4 Å². The van der Waals surface area contributed by atoms with Crippen molar-refractivity contribution in [1.29, 1.82) is 0 Å². The van der Waals surface area contributed by atoms with Crippen LogP contribution in [0.1, 0.15) is 22.8 Å². The Labute approximate surface area is 121 Å². The van der Waals surface area contributed by atoms with Crippen molar-refractivity contribution in [3.8, 4) is 0 Å². The van der Waals surface area contributed by atoms with Crippen molar-refractivity contribution < 1.29 is 41.4 Å². The van der Waals surface area contributed by atoms with Gasteiger partial charge >= 0.3 is 18.3 Å². The first-order valence-electron chi connectivity index (χ1n) is 4.75. The first-order chi connectivity index (χ1) is 8.87. The zero-order valence-electron chi connectivity index (χ0n) is 9.18. The van der Waals surface area contributed by atoms with Crippen molar-refractivity contribution in [2.45, 2.75) is 18.5 Å². The average Bonchev–Trinajstić information content (AvgIpc) is 2.24. The average molecular weight is 414 g/mol. The molecule has 0 aliphatic heterocycles. The Morgan fingerprint density at radius 2 is 1.50 bits per heavy atom. The van der Waals surface area contributed by atoms with Gasteiger partial charge in [0.25, 0.3) is 0 Å². The maximum atomic E-state index is 12.8. The summed E-state index contributed by atoms with van der Waals surface area (Å²) in [5, 5.41) is 17.6. The highest BCUT2D eigenvalue weighted by Gasteiger charge is 2.47. The van der Waals surface area contributed by atoms with Crippen molar-refractivity contribution in [2.75, 3.05) is 0 Å². The van der Waals surface area contributed by atoms with Gasteiger partial charge in [-0.3, -0.25) is 0 Å². The van der Waals surface area contributed by atoms with Crippen LogP contribution >= 0.6 is 22.6 Å². The van der Waals surface area contributed by atoms with Crippen molar-refractivity contribution in [2.24, 2.45) is 0 Å². The SMILES string of the molecule is O=C(O)C(O)c1ccc(I)c(C(F)(F)F)c1C(F)(F)F. The third-order valence-corrected chi connectivity index (χ3v) is 3.18. The number of aliphatic carboxylic acids is 1. The third-order valence-electron chi connectivity index (χ3n) is 2.28. The Bertz CT molecular complexity index is 537. The molecule has 10 heteroatoms. The van der Waals surface area contributed by atoms with E-state index in [0.29, 0.717) is 12.1 Å². The zero-order valence-corrected chi connectivity index (χ0v) is 11.3. The number of hydrogen-bond donors (Lipinski definition) is 2. The van der Waals surface area contributed by atoms with Crippen molar-refractivity contribution in [1.82, 2.24) is 0 Å². The summed E-state index contributed by atoms with van der Waals surface area (Å²) in [4.78, 5) is 10.5. The van der Waals surface area contributed by atoms with Crippen LogP contribution in [0.4, 0.5) is 26.3 Å².